The maximum absolute atomic E-state index is 14.0. The normalized spacial score (nSPS) is 37.5. The molecule has 0 amide bonds. The van der Waals surface area contributed by atoms with Crippen LogP contribution < -0.4 is 0 Å². The number of hydrogen-bond donors (Lipinski definition) is 0. The average Bonchev–Trinajstić information content (AvgIpc) is 3.55. The van der Waals surface area contributed by atoms with Gasteiger partial charge in [-0.2, -0.15) is 0 Å². The number of rotatable bonds is 2. The van der Waals surface area contributed by atoms with Gasteiger partial charge in [0.15, 0.2) is 11.6 Å². The zero-order valence-corrected chi connectivity index (χ0v) is 26.6. The highest BCUT2D eigenvalue weighted by molar-refractivity contribution is 6.40. The fraction of sp³-hybridized carbons (Fsp3) is 0.675. The molecule has 4 heteroatoms. The van der Waals surface area contributed by atoms with Gasteiger partial charge in [0.1, 0.15) is 5.66 Å². The van der Waals surface area contributed by atoms with Gasteiger partial charge < -0.3 is 4.90 Å². The van der Waals surface area contributed by atoms with E-state index in [0.717, 1.165) is 25.2 Å². The molecule has 232 valence electrons. The number of ketones is 2. The van der Waals surface area contributed by atoms with Gasteiger partial charge in [-0.15, -0.1) is 0 Å². The Morgan fingerprint density at radius 2 is 1.34 bits per heavy atom. The molecule has 44 heavy (non-hydrogen) atoms. The van der Waals surface area contributed by atoms with Crippen molar-refractivity contribution in [2.75, 3.05) is 0 Å². The van der Waals surface area contributed by atoms with Gasteiger partial charge in [-0.1, -0.05) is 88.1 Å². The number of carbonyl (C=O) groups is 2. The first kappa shape index (κ1) is 27.8. The Kier molecular flexibility index (Phi) is 6.82. The lowest BCUT2D eigenvalue weighted by molar-refractivity contribution is -0.0294. The average molecular weight is 591 g/mol. The van der Waals surface area contributed by atoms with Crippen molar-refractivity contribution in [3.63, 3.8) is 0 Å². The summed E-state index contributed by atoms with van der Waals surface area (Å²) in [5, 5.41) is 0. The predicted molar refractivity (Wildman–Crippen MR) is 175 cm³/mol. The second-order valence-electron chi connectivity index (χ2n) is 15.9. The van der Waals surface area contributed by atoms with E-state index in [1.54, 1.807) is 5.70 Å². The molecule has 6 unspecified atom stereocenters. The Bertz CT molecular complexity index is 1420. The van der Waals surface area contributed by atoms with Crippen LogP contribution in [0.3, 0.4) is 0 Å². The smallest absolute Gasteiger partial charge is 0.197 e. The lowest BCUT2D eigenvalue weighted by Gasteiger charge is -2.58. The molecule has 0 saturated heterocycles. The summed E-state index contributed by atoms with van der Waals surface area (Å²) >= 11 is 0. The quantitative estimate of drug-likeness (QED) is 0.255. The maximum Gasteiger partial charge on any atom is 0.197 e. The van der Waals surface area contributed by atoms with E-state index in [1.165, 1.54) is 114 Å². The number of hydrogen-bond acceptors (Lipinski definition) is 4. The van der Waals surface area contributed by atoms with Gasteiger partial charge in [0, 0.05) is 34.4 Å². The Labute approximate surface area is 263 Å². The van der Waals surface area contributed by atoms with Crippen molar-refractivity contribution in [3.05, 3.63) is 58.3 Å². The lowest BCUT2D eigenvalue weighted by atomic mass is 9.61. The molecular weight excluding hydrogens is 540 g/mol. The van der Waals surface area contributed by atoms with Gasteiger partial charge >= 0.3 is 0 Å². The van der Waals surface area contributed by atoms with E-state index in [9.17, 15) is 9.59 Å². The first-order valence-corrected chi connectivity index (χ1v) is 18.7. The van der Waals surface area contributed by atoms with Gasteiger partial charge in [0.05, 0.1) is 11.6 Å². The fourth-order valence-electron chi connectivity index (χ4n) is 12.0. The summed E-state index contributed by atoms with van der Waals surface area (Å²) in [6, 6.07) is 7.79. The minimum Gasteiger partial charge on any atom is -0.342 e. The Hall–Kier alpha value is -2.49. The van der Waals surface area contributed by atoms with Crippen LogP contribution in [0.15, 0.2) is 52.2 Å². The van der Waals surface area contributed by atoms with E-state index in [1.807, 2.05) is 24.3 Å². The largest absolute Gasteiger partial charge is 0.342 e. The lowest BCUT2D eigenvalue weighted by Crippen LogP contribution is -2.61. The Morgan fingerprint density at radius 1 is 0.705 bits per heavy atom. The summed E-state index contributed by atoms with van der Waals surface area (Å²) in [7, 11) is 0. The van der Waals surface area contributed by atoms with E-state index in [-0.39, 0.29) is 23.3 Å². The van der Waals surface area contributed by atoms with Crippen molar-refractivity contribution in [3.8, 4) is 0 Å². The zero-order chi connectivity index (χ0) is 29.4. The van der Waals surface area contributed by atoms with Crippen LogP contribution in [0.1, 0.15) is 143 Å². The molecule has 4 nitrogen and oxygen atoms in total. The van der Waals surface area contributed by atoms with E-state index >= 15 is 0 Å². The third-order valence-corrected chi connectivity index (χ3v) is 13.8. The number of benzene rings is 1. The molecule has 0 radical (unpaired) electrons. The molecule has 6 aliphatic carbocycles. The molecule has 0 aromatic heterocycles. The number of Topliss-reactive ketones (excluding diaryl/α,β-unsaturated/α-hetero) is 2. The van der Waals surface area contributed by atoms with Crippen LogP contribution in [0.2, 0.25) is 0 Å². The van der Waals surface area contributed by atoms with Gasteiger partial charge in [0.2, 0.25) is 0 Å². The van der Waals surface area contributed by atoms with Crippen LogP contribution in [0.5, 0.6) is 0 Å². The van der Waals surface area contributed by atoms with Gasteiger partial charge in [-0.05, 0) is 93.5 Å². The molecule has 2 aliphatic heterocycles. The van der Waals surface area contributed by atoms with E-state index in [4.69, 9.17) is 4.99 Å². The summed E-state index contributed by atoms with van der Waals surface area (Å²) in [4.78, 5) is 37.0. The van der Waals surface area contributed by atoms with Gasteiger partial charge in [-0.25, -0.2) is 0 Å². The number of carbonyl (C=O) groups excluding carboxylic acids is 2. The molecule has 1 aromatic rings. The summed E-state index contributed by atoms with van der Waals surface area (Å²) in [5.41, 5.74) is 6.02. The minimum absolute atomic E-state index is 0.00684. The van der Waals surface area contributed by atoms with Crippen molar-refractivity contribution >= 4 is 17.3 Å². The first-order valence-electron chi connectivity index (χ1n) is 18.7. The molecule has 0 N–H and O–H groups in total. The Balaban J connectivity index is 1.20. The highest BCUT2D eigenvalue weighted by Crippen LogP contribution is 2.61. The van der Waals surface area contributed by atoms with Crippen LogP contribution in [0.25, 0.3) is 0 Å². The topological polar surface area (TPSA) is 49.7 Å². The number of aliphatic imine (C=N–C) groups is 1. The summed E-state index contributed by atoms with van der Waals surface area (Å²) in [6.07, 6.45) is 27.2. The number of nitrogens with zero attached hydrogens (tertiary/aromatic N) is 2. The zero-order valence-electron chi connectivity index (χ0n) is 26.6. The van der Waals surface area contributed by atoms with E-state index in [2.05, 4.69) is 11.0 Å². The highest BCUT2D eigenvalue weighted by Gasteiger charge is 2.62. The molecule has 6 atom stereocenters. The van der Waals surface area contributed by atoms with Crippen molar-refractivity contribution in [1.82, 2.24) is 4.90 Å². The molecule has 5 fully saturated rings. The Morgan fingerprint density at radius 3 is 2.07 bits per heavy atom. The van der Waals surface area contributed by atoms with Crippen LogP contribution in [0.4, 0.5) is 0 Å². The van der Waals surface area contributed by atoms with Crippen molar-refractivity contribution in [1.29, 1.82) is 0 Å². The minimum atomic E-state index is -0.101. The molecule has 2 heterocycles. The molecule has 9 rings (SSSR count). The van der Waals surface area contributed by atoms with Crippen LogP contribution >= 0.6 is 0 Å². The van der Waals surface area contributed by atoms with Gasteiger partial charge in [-0.3, -0.25) is 14.6 Å². The van der Waals surface area contributed by atoms with E-state index in [0.29, 0.717) is 46.3 Å². The number of allylic oxidation sites excluding steroid dienone is 3. The van der Waals surface area contributed by atoms with Gasteiger partial charge in [0.25, 0.3) is 0 Å². The summed E-state index contributed by atoms with van der Waals surface area (Å²) in [5.74, 6) is 3.41. The van der Waals surface area contributed by atoms with Crippen molar-refractivity contribution in [2.45, 2.75) is 134 Å². The second-order valence-corrected chi connectivity index (χ2v) is 15.9. The molecular formula is C40H50N2O2. The molecule has 8 aliphatic rings. The van der Waals surface area contributed by atoms with E-state index < -0.39 is 0 Å². The molecule has 0 bridgehead atoms. The molecule has 5 saturated carbocycles. The van der Waals surface area contributed by atoms with Crippen molar-refractivity contribution in [2.24, 2.45) is 40.5 Å². The highest BCUT2D eigenvalue weighted by atomic mass is 16.2. The SMILES string of the molecule is O=C1C(=C2CC3C(=NC45CCCCC4C(C4CCCCC4)C=C(C4CCCCC4)N35)C3CCCCC23)C(=O)c2ccccc21. The maximum atomic E-state index is 14.0. The summed E-state index contributed by atoms with van der Waals surface area (Å²) in [6.45, 7) is 0. The third-order valence-electron chi connectivity index (χ3n) is 13.8. The molecule has 1 spiro atoms. The third kappa shape index (κ3) is 4.03. The van der Waals surface area contributed by atoms with Crippen LogP contribution in [-0.4, -0.2) is 33.9 Å². The summed E-state index contributed by atoms with van der Waals surface area (Å²) < 4.78 is 0. The predicted octanol–water partition coefficient (Wildman–Crippen LogP) is 9.26. The van der Waals surface area contributed by atoms with Crippen LogP contribution in [-0.2, 0) is 0 Å². The fourth-order valence-corrected chi connectivity index (χ4v) is 12.0. The van der Waals surface area contributed by atoms with Crippen LogP contribution in [0, 0.1) is 35.5 Å². The monoisotopic (exact) mass is 590 g/mol. The molecule has 1 aromatic carbocycles. The number of fused-ring (bicyclic) bond motifs is 5. The van der Waals surface area contributed by atoms with Crippen molar-refractivity contribution < 1.29 is 9.59 Å². The first-order chi connectivity index (χ1) is 21.7. The second kappa shape index (κ2) is 10.8. The standard InChI is InChI=1S/C40H50N2O2/c43-38-29-19-9-10-20-30(29)39(44)36(38)32-24-35-37(28-18-8-7-17-27(28)32)41-40-22-12-11-21-33(40)31(25-13-3-1-4-14-25)23-34(42(35)40)26-15-5-2-6-16-26/h9-10,19-20,23,25-28,31,33,35H,1-8,11-18,21-22,24H2.